The predicted octanol–water partition coefficient (Wildman–Crippen LogP) is 3.42. The number of ether oxygens (including phenoxy) is 1. The molecule has 0 aromatic heterocycles. The van der Waals surface area contributed by atoms with Gasteiger partial charge < -0.3 is 15.2 Å². The number of amides is 1. The molecule has 0 heterocycles. The standard InChI is InChI=1S/C18H16F3NO4/c19-14-9-16(21)15(20)7-12(14)6-13(8-17(23)24)22-18(25)26-10-11-4-2-1-3-5-11/h1-5,7,9,13H,6,8,10H2,(H,22,25)(H,23,24)/t13-/m1/s1. The van der Waals surface area contributed by atoms with Crippen LogP contribution in [0.5, 0.6) is 0 Å². The van der Waals surface area contributed by atoms with Gasteiger partial charge >= 0.3 is 12.1 Å². The van der Waals surface area contributed by atoms with Gasteiger partial charge in [0.1, 0.15) is 12.4 Å². The Bertz CT molecular complexity index is 784. The van der Waals surface area contributed by atoms with Crippen LogP contribution in [0.1, 0.15) is 17.5 Å². The van der Waals surface area contributed by atoms with Crippen molar-refractivity contribution in [1.29, 1.82) is 0 Å². The Hall–Kier alpha value is -3.03. The Kier molecular flexibility index (Phi) is 6.60. The Morgan fingerprint density at radius 2 is 1.69 bits per heavy atom. The van der Waals surface area contributed by atoms with Gasteiger partial charge in [-0.05, 0) is 23.6 Å². The summed E-state index contributed by atoms with van der Waals surface area (Å²) in [5.74, 6) is -4.89. The molecule has 0 radical (unpaired) electrons. The van der Waals surface area contributed by atoms with E-state index in [1.807, 2.05) is 0 Å². The van der Waals surface area contributed by atoms with Crippen molar-refractivity contribution < 1.29 is 32.6 Å². The molecule has 0 bridgehead atoms. The van der Waals surface area contributed by atoms with E-state index in [2.05, 4.69) is 5.32 Å². The lowest BCUT2D eigenvalue weighted by atomic mass is 10.0. The lowest BCUT2D eigenvalue weighted by Crippen LogP contribution is -2.38. The van der Waals surface area contributed by atoms with Gasteiger partial charge in [0.15, 0.2) is 11.6 Å². The zero-order valence-electron chi connectivity index (χ0n) is 13.5. The number of nitrogens with one attached hydrogen (secondary N) is 1. The highest BCUT2D eigenvalue weighted by atomic mass is 19.2. The molecular formula is C18H16F3NO4. The van der Waals surface area contributed by atoms with Gasteiger partial charge in [-0.2, -0.15) is 0 Å². The molecule has 8 heteroatoms. The van der Waals surface area contributed by atoms with Gasteiger partial charge in [0, 0.05) is 12.1 Å². The second-order valence-electron chi connectivity index (χ2n) is 5.56. The minimum Gasteiger partial charge on any atom is -0.481 e. The van der Waals surface area contributed by atoms with Crippen LogP contribution < -0.4 is 5.32 Å². The fourth-order valence-corrected chi connectivity index (χ4v) is 2.30. The van der Waals surface area contributed by atoms with E-state index in [9.17, 15) is 22.8 Å². The highest BCUT2D eigenvalue weighted by Gasteiger charge is 2.20. The molecule has 0 aliphatic heterocycles. The zero-order chi connectivity index (χ0) is 19.1. The first-order valence-corrected chi connectivity index (χ1v) is 7.67. The van der Waals surface area contributed by atoms with E-state index in [0.717, 1.165) is 5.56 Å². The summed E-state index contributed by atoms with van der Waals surface area (Å²) in [4.78, 5) is 22.8. The van der Waals surface area contributed by atoms with Crippen LogP contribution in [-0.4, -0.2) is 23.2 Å². The minimum absolute atomic E-state index is 0.0357. The summed E-state index contributed by atoms with van der Waals surface area (Å²) < 4.78 is 45.0. The van der Waals surface area contributed by atoms with Crippen molar-refractivity contribution in [3.8, 4) is 0 Å². The lowest BCUT2D eigenvalue weighted by molar-refractivity contribution is -0.137. The molecule has 0 spiro atoms. The summed E-state index contributed by atoms with van der Waals surface area (Å²) in [5.41, 5.74) is 0.475. The Balaban J connectivity index is 2.01. The van der Waals surface area contributed by atoms with Crippen LogP contribution in [0.15, 0.2) is 42.5 Å². The van der Waals surface area contributed by atoms with Gasteiger partial charge in [0.2, 0.25) is 0 Å². The highest BCUT2D eigenvalue weighted by Crippen LogP contribution is 2.16. The number of carbonyl (C=O) groups excluding carboxylic acids is 1. The number of hydrogen-bond acceptors (Lipinski definition) is 3. The van der Waals surface area contributed by atoms with Crippen LogP contribution in [0, 0.1) is 17.5 Å². The summed E-state index contributed by atoms with van der Waals surface area (Å²) in [6.45, 7) is -0.0357. The predicted molar refractivity (Wildman–Crippen MR) is 85.8 cm³/mol. The minimum atomic E-state index is -1.35. The van der Waals surface area contributed by atoms with Crippen LogP contribution in [0.25, 0.3) is 0 Å². The van der Waals surface area contributed by atoms with E-state index in [0.29, 0.717) is 12.1 Å². The first kappa shape index (κ1) is 19.3. The normalized spacial score (nSPS) is 11.7. The number of carbonyl (C=O) groups is 2. The Morgan fingerprint density at radius 1 is 1.04 bits per heavy atom. The van der Waals surface area contributed by atoms with E-state index in [4.69, 9.17) is 9.84 Å². The molecule has 0 unspecified atom stereocenters. The summed E-state index contributed by atoms with van der Waals surface area (Å²) in [6, 6.07) is 8.73. The van der Waals surface area contributed by atoms with Crippen molar-refractivity contribution in [2.24, 2.45) is 0 Å². The van der Waals surface area contributed by atoms with Crippen LogP contribution in [0.2, 0.25) is 0 Å². The smallest absolute Gasteiger partial charge is 0.407 e. The maximum atomic E-state index is 13.7. The van der Waals surface area contributed by atoms with Gasteiger partial charge in [0.25, 0.3) is 0 Å². The van der Waals surface area contributed by atoms with Crippen molar-refractivity contribution in [3.05, 3.63) is 71.0 Å². The number of hydrogen-bond donors (Lipinski definition) is 2. The van der Waals surface area contributed by atoms with Crippen molar-refractivity contribution in [2.45, 2.75) is 25.5 Å². The number of halogens is 3. The average Bonchev–Trinajstić information content (AvgIpc) is 2.58. The molecule has 5 nitrogen and oxygen atoms in total. The maximum absolute atomic E-state index is 13.7. The monoisotopic (exact) mass is 367 g/mol. The van der Waals surface area contributed by atoms with Crippen molar-refractivity contribution >= 4 is 12.1 Å². The van der Waals surface area contributed by atoms with Crippen molar-refractivity contribution in [3.63, 3.8) is 0 Å². The summed E-state index contributed by atoms with van der Waals surface area (Å²) in [5, 5.41) is 11.2. The SMILES string of the molecule is O=C(O)C[C@@H](Cc1cc(F)c(F)cc1F)NC(=O)OCc1ccccc1. The molecule has 26 heavy (non-hydrogen) atoms. The Morgan fingerprint density at radius 3 is 2.35 bits per heavy atom. The number of rotatable bonds is 7. The van der Waals surface area contributed by atoms with Gasteiger partial charge in [0.05, 0.1) is 6.42 Å². The van der Waals surface area contributed by atoms with Crippen molar-refractivity contribution in [2.75, 3.05) is 0 Å². The van der Waals surface area contributed by atoms with E-state index >= 15 is 0 Å². The summed E-state index contributed by atoms with van der Waals surface area (Å²) >= 11 is 0. The topological polar surface area (TPSA) is 75.6 Å². The highest BCUT2D eigenvalue weighted by molar-refractivity contribution is 5.71. The van der Waals surface area contributed by atoms with Crippen LogP contribution in [0.4, 0.5) is 18.0 Å². The van der Waals surface area contributed by atoms with E-state index in [-0.39, 0.29) is 18.6 Å². The molecule has 2 aromatic carbocycles. The molecular weight excluding hydrogens is 351 g/mol. The molecule has 0 aliphatic carbocycles. The molecule has 2 rings (SSSR count). The summed E-state index contributed by atoms with van der Waals surface area (Å²) in [6.07, 6.45) is -1.78. The Labute approximate surface area is 147 Å². The molecule has 2 N–H and O–H groups in total. The molecule has 2 aromatic rings. The number of alkyl carbamates (subject to hydrolysis) is 1. The molecule has 0 saturated heterocycles. The summed E-state index contributed by atoms with van der Waals surface area (Å²) in [7, 11) is 0. The molecule has 138 valence electrons. The number of benzene rings is 2. The maximum Gasteiger partial charge on any atom is 0.407 e. The second kappa shape index (κ2) is 8.89. The third-order valence-corrected chi connectivity index (χ3v) is 3.51. The third kappa shape index (κ3) is 5.80. The first-order valence-electron chi connectivity index (χ1n) is 7.67. The fourth-order valence-electron chi connectivity index (χ4n) is 2.30. The molecule has 0 aliphatic rings. The van der Waals surface area contributed by atoms with Crippen molar-refractivity contribution in [1.82, 2.24) is 5.32 Å². The van der Waals surface area contributed by atoms with Gasteiger partial charge in [-0.3, -0.25) is 4.79 Å². The van der Waals surface area contributed by atoms with Gasteiger partial charge in [-0.15, -0.1) is 0 Å². The van der Waals surface area contributed by atoms with E-state index in [1.54, 1.807) is 30.3 Å². The van der Waals surface area contributed by atoms with E-state index < -0.39 is 42.0 Å². The van der Waals surface area contributed by atoms with Gasteiger partial charge in [-0.25, -0.2) is 18.0 Å². The average molecular weight is 367 g/mol. The molecule has 0 saturated carbocycles. The number of carboxylic acids is 1. The number of aliphatic carboxylic acids is 1. The van der Waals surface area contributed by atoms with Crippen LogP contribution in [0.3, 0.4) is 0 Å². The van der Waals surface area contributed by atoms with Crippen LogP contribution in [-0.2, 0) is 22.6 Å². The molecule has 1 amide bonds. The lowest BCUT2D eigenvalue weighted by Gasteiger charge is -2.17. The second-order valence-corrected chi connectivity index (χ2v) is 5.56. The molecule has 0 fully saturated rings. The third-order valence-electron chi connectivity index (χ3n) is 3.51. The number of carboxylic acid groups (broad SMARTS) is 1. The fraction of sp³-hybridized carbons (Fsp3) is 0.222. The van der Waals surface area contributed by atoms with E-state index in [1.165, 1.54) is 0 Å². The quantitative estimate of drug-likeness (QED) is 0.736. The van der Waals surface area contributed by atoms with Crippen LogP contribution >= 0.6 is 0 Å². The largest absolute Gasteiger partial charge is 0.481 e. The van der Waals surface area contributed by atoms with Gasteiger partial charge in [-0.1, -0.05) is 30.3 Å². The zero-order valence-corrected chi connectivity index (χ0v) is 13.5. The molecule has 1 atom stereocenters. The first-order chi connectivity index (χ1) is 12.3.